The fourth-order valence-corrected chi connectivity index (χ4v) is 3.25. The molecular weight excluding hydrogens is 317 g/mol. The molecule has 6 heteroatoms. The van der Waals surface area contributed by atoms with Crippen LogP contribution in [0, 0.1) is 11.2 Å². The van der Waals surface area contributed by atoms with E-state index in [9.17, 15) is 4.39 Å². The highest BCUT2D eigenvalue weighted by Crippen LogP contribution is 2.22. The minimum Gasteiger partial charge on any atom is -0.351 e. The first-order valence-corrected chi connectivity index (χ1v) is 9.26. The molecule has 5 nitrogen and oxygen atoms in total. The summed E-state index contributed by atoms with van der Waals surface area (Å²) in [5, 5.41) is 8.55. The van der Waals surface area contributed by atoms with Gasteiger partial charge < -0.3 is 14.4 Å². The fourth-order valence-electron chi connectivity index (χ4n) is 3.25. The van der Waals surface area contributed by atoms with Gasteiger partial charge in [-0.15, -0.1) is 0 Å². The summed E-state index contributed by atoms with van der Waals surface area (Å²) in [4.78, 5) is 9.14. The maximum Gasteiger partial charge on any atom is 0.172 e. The zero-order valence-electron chi connectivity index (χ0n) is 16.1. The number of hydrogen-bond acceptors (Lipinski definition) is 4. The van der Waals surface area contributed by atoms with E-state index in [0.29, 0.717) is 35.4 Å². The minimum absolute atomic E-state index is 0.211. The number of halogens is 1. The highest BCUT2D eigenvalue weighted by molar-refractivity contribution is 5.80. The summed E-state index contributed by atoms with van der Waals surface area (Å²) in [7, 11) is 2.10. The number of nitrogens with zero attached hydrogens (tertiary/aromatic N) is 4. The van der Waals surface area contributed by atoms with Crippen LogP contribution in [0.15, 0.2) is 12.1 Å². The monoisotopic (exact) mass is 347 g/mol. The number of hydrogen-bond donors (Lipinski definition) is 1. The van der Waals surface area contributed by atoms with Crippen molar-refractivity contribution in [3.05, 3.63) is 29.0 Å². The molecule has 0 bridgehead atoms. The third-order valence-corrected chi connectivity index (χ3v) is 4.67. The van der Waals surface area contributed by atoms with Crippen molar-refractivity contribution in [1.29, 1.82) is 5.41 Å². The standard InChI is InChI=1S/C17H24FN5.C2H6/c1-4-12-13(18)6-7-14-15(12)20-17(16(19)23(14)5-2)22-10-8-21(3)9-11-22;1-2/h6-7,19H,4-5,8-11H2,1-3H3;1-2H3. The Balaban J connectivity index is 0.00000109. The molecule has 1 aromatic heterocycles. The van der Waals surface area contributed by atoms with Crippen molar-refractivity contribution in [2.24, 2.45) is 0 Å². The highest BCUT2D eigenvalue weighted by atomic mass is 19.1. The number of fused-ring (bicyclic) bond motifs is 1. The van der Waals surface area contributed by atoms with Gasteiger partial charge in [0.1, 0.15) is 5.82 Å². The van der Waals surface area contributed by atoms with Crippen LogP contribution in [0.5, 0.6) is 0 Å². The first-order valence-electron chi connectivity index (χ1n) is 9.26. The van der Waals surface area contributed by atoms with E-state index in [1.807, 2.05) is 32.3 Å². The van der Waals surface area contributed by atoms with E-state index in [0.717, 1.165) is 31.7 Å². The third kappa shape index (κ3) is 3.68. The zero-order chi connectivity index (χ0) is 18.6. The molecule has 1 aliphatic rings. The van der Waals surface area contributed by atoms with Crippen molar-refractivity contribution < 1.29 is 4.39 Å². The lowest BCUT2D eigenvalue weighted by Gasteiger charge is -2.33. The summed E-state index contributed by atoms with van der Waals surface area (Å²) >= 11 is 0. The number of anilines is 1. The number of nitrogens with one attached hydrogen (secondary N) is 1. The lowest BCUT2D eigenvalue weighted by atomic mass is 10.1. The molecule has 0 saturated carbocycles. The van der Waals surface area contributed by atoms with Crippen LogP contribution < -0.4 is 10.4 Å². The molecule has 25 heavy (non-hydrogen) atoms. The first kappa shape index (κ1) is 19.4. The minimum atomic E-state index is -0.211. The Morgan fingerprint density at radius 3 is 2.32 bits per heavy atom. The maximum atomic E-state index is 14.2. The Bertz CT molecular complexity index is 775. The average Bonchev–Trinajstić information content (AvgIpc) is 2.64. The van der Waals surface area contributed by atoms with Gasteiger partial charge in [-0.3, -0.25) is 5.41 Å². The van der Waals surface area contributed by atoms with Gasteiger partial charge in [0.15, 0.2) is 11.3 Å². The summed E-state index contributed by atoms with van der Waals surface area (Å²) in [6.07, 6.45) is 0.597. The number of aromatic nitrogens is 2. The maximum absolute atomic E-state index is 14.2. The van der Waals surface area contributed by atoms with E-state index in [1.165, 1.54) is 6.07 Å². The lowest BCUT2D eigenvalue weighted by molar-refractivity contribution is 0.311. The van der Waals surface area contributed by atoms with Crippen molar-refractivity contribution >= 4 is 16.9 Å². The molecule has 0 spiro atoms. The van der Waals surface area contributed by atoms with E-state index in [4.69, 9.17) is 10.4 Å². The van der Waals surface area contributed by atoms with Gasteiger partial charge in [0.2, 0.25) is 0 Å². The lowest BCUT2D eigenvalue weighted by Crippen LogP contribution is -2.47. The molecule has 1 fully saturated rings. The number of benzene rings is 1. The predicted molar refractivity (Wildman–Crippen MR) is 102 cm³/mol. The van der Waals surface area contributed by atoms with Crippen LogP contribution in [0.4, 0.5) is 10.2 Å². The molecule has 1 aliphatic heterocycles. The molecule has 0 aliphatic carbocycles. The average molecular weight is 347 g/mol. The van der Waals surface area contributed by atoms with Crippen LogP contribution in [-0.2, 0) is 13.0 Å². The Hall–Kier alpha value is -1.95. The molecule has 0 amide bonds. The molecule has 2 aromatic rings. The van der Waals surface area contributed by atoms with Gasteiger partial charge in [0.05, 0.1) is 11.0 Å². The van der Waals surface area contributed by atoms with Gasteiger partial charge in [-0.2, -0.15) is 0 Å². The van der Waals surface area contributed by atoms with Crippen molar-refractivity contribution in [3.8, 4) is 0 Å². The highest BCUT2D eigenvalue weighted by Gasteiger charge is 2.20. The van der Waals surface area contributed by atoms with E-state index in [1.54, 1.807) is 6.07 Å². The van der Waals surface area contributed by atoms with Crippen LogP contribution in [0.2, 0.25) is 0 Å². The molecule has 2 heterocycles. The summed E-state index contributed by atoms with van der Waals surface area (Å²) < 4.78 is 16.1. The van der Waals surface area contributed by atoms with Crippen LogP contribution in [-0.4, -0.2) is 47.7 Å². The molecule has 1 aromatic carbocycles. The predicted octanol–water partition coefficient (Wildman–Crippen LogP) is 3.02. The quantitative estimate of drug-likeness (QED) is 0.928. The molecule has 1 saturated heterocycles. The second-order valence-electron chi connectivity index (χ2n) is 6.07. The second-order valence-corrected chi connectivity index (χ2v) is 6.07. The van der Waals surface area contributed by atoms with E-state index in [2.05, 4.69) is 16.8 Å². The van der Waals surface area contributed by atoms with Crippen LogP contribution >= 0.6 is 0 Å². The van der Waals surface area contributed by atoms with Crippen molar-refractivity contribution in [2.45, 2.75) is 40.7 Å². The van der Waals surface area contributed by atoms with E-state index < -0.39 is 0 Å². The molecule has 0 atom stereocenters. The van der Waals surface area contributed by atoms with Crippen molar-refractivity contribution in [3.63, 3.8) is 0 Å². The summed E-state index contributed by atoms with van der Waals surface area (Å²) in [6.45, 7) is 12.2. The zero-order valence-corrected chi connectivity index (χ0v) is 16.1. The van der Waals surface area contributed by atoms with E-state index >= 15 is 0 Å². The van der Waals surface area contributed by atoms with Crippen LogP contribution in [0.1, 0.15) is 33.3 Å². The van der Waals surface area contributed by atoms with Gasteiger partial charge in [-0.1, -0.05) is 20.8 Å². The van der Waals surface area contributed by atoms with Gasteiger partial charge in [0.25, 0.3) is 0 Å². The van der Waals surface area contributed by atoms with Gasteiger partial charge >= 0.3 is 0 Å². The first-order chi connectivity index (χ1) is 12.1. The summed E-state index contributed by atoms with van der Waals surface area (Å²) in [5.74, 6) is 0.463. The molecule has 0 unspecified atom stereocenters. The molecule has 3 rings (SSSR count). The molecule has 0 radical (unpaired) electrons. The van der Waals surface area contributed by atoms with Crippen LogP contribution in [0.25, 0.3) is 11.0 Å². The normalized spacial score (nSPS) is 15.2. The molecule has 138 valence electrons. The number of likely N-dealkylation sites (N-methyl/N-ethyl adjacent to an activating group) is 1. The Labute approximate surface area is 149 Å². The molecule has 1 N–H and O–H groups in total. The van der Waals surface area contributed by atoms with Gasteiger partial charge in [-0.25, -0.2) is 9.37 Å². The number of piperazine rings is 1. The summed E-state index contributed by atoms with van der Waals surface area (Å²) in [5.41, 5.74) is 2.59. The Kier molecular flexibility index (Phi) is 6.53. The van der Waals surface area contributed by atoms with Gasteiger partial charge in [0, 0.05) is 38.3 Å². The Morgan fingerprint density at radius 1 is 1.12 bits per heavy atom. The Morgan fingerprint density at radius 2 is 1.76 bits per heavy atom. The van der Waals surface area contributed by atoms with Gasteiger partial charge in [-0.05, 0) is 32.5 Å². The SMILES string of the molecule is CC.CCc1c(F)ccc2c1nc(N1CCN(C)CC1)c(=N)n2CC. The van der Waals surface area contributed by atoms with E-state index in [-0.39, 0.29) is 5.82 Å². The van der Waals surface area contributed by atoms with Crippen LogP contribution in [0.3, 0.4) is 0 Å². The van der Waals surface area contributed by atoms with Crippen molar-refractivity contribution in [1.82, 2.24) is 14.5 Å². The second kappa shape index (κ2) is 8.43. The summed E-state index contributed by atoms with van der Waals surface area (Å²) in [6, 6.07) is 3.23. The van der Waals surface area contributed by atoms with Crippen molar-refractivity contribution in [2.75, 3.05) is 38.1 Å². The topological polar surface area (TPSA) is 48.2 Å². The fraction of sp³-hybridized carbons (Fsp3) is 0.579. The number of rotatable bonds is 3. The smallest absolute Gasteiger partial charge is 0.172 e. The molecular formula is C19H30FN5. The number of aryl methyl sites for hydroxylation is 2. The third-order valence-electron chi connectivity index (χ3n) is 4.67. The largest absolute Gasteiger partial charge is 0.351 e.